The molecule has 0 bridgehead atoms. The molecule has 1 N–H and O–H groups in total. The van der Waals surface area contributed by atoms with Gasteiger partial charge in [-0.1, -0.05) is 0 Å². The van der Waals surface area contributed by atoms with E-state index < -0.39 is 0 Å². The van der Waals surface area contributed by atoms with Crippen molar-refractivity contribution in [2.45, 2.75) is 6.42 Å². The molecular formula is C19H20FN7O. The molecule has 9 heteroatoms. The van der Waals surface area contributed by atoms with Crippen molar-refractivity contribution in [2.24, 2.45) is 0 Å². The second-order valence-electron chi connectivity index (χ2n) is 6.48. The van der Waals surface area contributed by atoms with E-state index in [2.05, 4.69) is 30.2 Å². The average molecular weight is 381 g/mol. The molecule has 1 aliphatic rings. The maximum Gasteiger partial charge on any atom is 0.225 e. The van der Waals surface area contributed by atoms with Gasteiger partial charge in [-0.2, -0.15) is 0 Å². The van der Waals surface area contributed by atoms with Crippen molar-refractivity contribution in [3.8, 4) is 0 Å². The summed E-state index contributed by atoms with van der Waals surface area (Å²) in [5.41, 5.74) is 0.657. The van der Waals surface area contributed by atoms with Crippen LogP contribution in [0, 0.1) is 5.82 Å². The van der Waals surface area contributed by atoms with E-state index in [0.29, 0.717) is 61.8 Å². The largest absolute Gasteiger partial charge is 0.369 e. The summed E-state index contributed by atoms with van der Waals surface area (Å²) < 4.78 is 13.5. The minimum absolute atomic E-state index is 0.0747. The van der Waals surface area contributed by atoms with Crippen LogP contribution in [0.25, 0.3) is 10.9 Å². The zero-order valence-corrected chi connectivity index (χ0v) is 15.3. The quantitative estimate of drug-likeness (QED) is 0.720. The highest BCUT2D eigenvalue weighted by atomic mass is 19.1. The zero-order valence-electron chi connectivity index (χ0n) is 15.3. The number of halogens is 1. The summed E-state index contributed by atoms with van der Waals surface area (Å²) in [6, 6.07) is 6.15. The van der Waals surface area contributed by atoms with E-state index in [1.807, 2.05) is 4.90 Å². The summed E-state index contributed by atoms with van der Waals surface area (Å²) in [6.07, 6.45) is 5.19. The molecule has 3 heterocycles. The Morgan fingerprint density at radius 2 is 1.86 bits per heavy atom. The number of aromatic nitrogens is 4. The number of nitrogens with one attached hydrogen (secondary N) is 1. The Balaban J connectivity index is 1.29. The third-order valence-electron chi connectivity index (χ3n) is 4.70. The molecule has 1 saturated heterocycles. The smallest absolute Gasteiger partial charge is 0.225 e. The van der Waals surface area contributed by atoms with E-state index in [4.69, 9.17) is 0 Å². The van der Waals surface area contributed by atoms with Crippen molar-refractivity contribution in [3.63, 3.8) is 0 Å². The van der Waals surface area contributed by atoms with Crippen molar-refractivity contribution in [1.29, 1.82) is 0 Å². The summed E-state index contributed by atoms with van der Waals surface area (Å²) in [5, 5.41) is 3.73. The third-order valence-corrected chi connectivity index (χ3v) is 4.70. The summed E-state index contributed by atoms with van der Waals surface area (Å²) in [4.78, 5) is 33.2. The molecule has 28 heavy (non-hydrogen) atoms. The molecule has 0 saturated carbocycles. The lowest BCUT2D eigenvalue weighted by atomic mass is 10.2. The average Bonchev–Trinajstić information content (AvgIpc) is 2.74. The molecule has 1 fully saturated rings. The van der Waals surface area contributed by atoms with Gasteiger partial charge in [-0.15, -0.1) is 0 Å². The lowest BCUT2D eigenvalue weighted by Crippen LogP contribution is -2.49. The fraction of sp³-hybridized carbons (Fsp3) is 0.316. The van der Waals surface area contributed by atoms with E-state index in [-0.39, 0.29) is 11.7 Å². The molecule has 1 amide bonds. The van der Waals surface area contributed by atoms with Gasteiger partial charge >= 0.3 is 0 Å². The molecule has 3 aromatic rings. The van der Waals surface area contributed by atoms with E-state index >= 15 is 0 Å². The molecule has 0 radical (unpaired) electrons. The first-order valence-electron chi connectivity index (χ1n) is 9.14. The summed E-state index contributed by atoms with van der Waals surface area (Å²) in [7, 11) is 0. The predicted octanol–water partition coefficient (Wildman–Crippen LogP) is 1.71. The second-order valence-corrected chi connectivity index (χ2v) is 6.48. The lowest BCUT2D eigenvalue weighted by Gasteiger charge is -2.34. The minimum Gasteiger partial charge on any atom is -0.369 e. The van der Waals surface area contributed by atoms with Crippen LogP contribution in [-0.4, -0.2) is 63.5 Å². The van der Waals surface area contributed by atoms with Crippen LogP contribution in [0.15, 0.2) is 43.0 Å². The van der Waals surface area contributed by atoms with E-state index in [1.54, 1.807) is 24.5 Å². The topological polar surface area (TPSA) is 87.1 Å². The number of hydrogen-bond acceptors (Lipinski definition) is 7. The molecular weight excluding hydrogens is 361 g/mol. The maximum atomic E-state index is 13.5. The Morgan fingerprint density at radius 1 is 1.07 bits per heavy atom. The Morgan fingerprint density at radius 3 is 2.64 bits per heavy atom. The second kappa shape index (κ2) is 8.12. The molecule has 1 aromatic carbocycles. The highest BCUT2D eigenvalue weighted by Crippen LogP contribution is 2.20. The van der Waals surface area contributed by atoms with Gasteiger partial charge in [0.1, 0.15) is 18.0 Å². The predicted molar refractivity (Wildman–Crippen MR) is 103 cm³/mol. The molecule has 2 aromatic heterocycles. The van der Waals surface area contributed by atoms with Crippen LogP contribution in [0.5, 0.6) is 0 Å². The fourth-order valence-corrected chi connectivity index (χ4v) is 3.23. The summed E-state index contributed by atoms with van der Waals surface area (Å²) in [6.45, 7) is 3.11. The van der Waals surface area contributed by atoms with E-state index in [1.165, 1.54) is 18.5 Å². The fourth-order valence-electron chi connectivity index (χ4n) is 3.23. The number of carbonyl (C=O) groups excluding carboxylic acids is 1. The third kappa shape index (κ3) is 3.98. The normalized spacial score (nSPS) is 14.3. The molecule has 0 aliphatic carbocycles. The van der Waals surface area contributed by atoms with Gasteiger partial charge in [-0.3, -0.25) is 4.79 Å². The molecule has 0 atom stereocenters. The molecule has 8 nitrogen and oxygen atoms in total. The molecule has 0 unspecified atom stereocenters. The molecule has 0 spiro atoms. The van der Waals surface area contributed by atoms with Gasteiger partial charge in [0.15, 0.2) is 0 Å². The standard InChI is InChI=1S/C19H20FN7O/c20-14-2-3-16-15(12-14)18(25-13-24-16)21-7-4-17(28)26-8-10-27(11-9-26)19-22-5-1-6-23-19/h1-3,5-6,12-13H,4,7-11H2,(H,21,24,25). The number of nitrogens with zero attached hydrogens (tertiary/aromatic N) is 6. The Kier molecular flexibility index (Phi) is 5.22. The highest BCUT2D eigenvalue weighted by molar-refractivity contribution is 5.89. The molecule has 4 rings (SSSR count). The van der Waals surface area contributed by atoms with Gasteiger partial charge in [0.2, 0.25) is 11.9 Å². The van der Waals surface area contributed by atoms with Crippen LogP contribution in [0.2, 0.25) is 0 Å². The van der Waals surface area contributed by atoms with Crippen LogP contribution in [0.1, 0.15) is 6.42 Å². The number of fused-ring (bicyclic) bond motifs is 1. The molecule has 1 aliphatic heterocycles. The van der Waals surface area contributed by atoms with Crippen LogP contribution in [0.4, 0.5) is 16.2 Å². The van der Waals surface area contributed by atoms with Crippen molar-refractivity contribution in [2.75, 3.05) is 42.9 Å². The number of anilines is 2. The Hall–Kier alpha value is -3.36. The van der Waals surface area contributed by atoms with Crippen LogP contribution < -0.4 is 10.2 Å². The first kappa shape index (κ1) is 18.0. The number of piperazine rings is 1. The van der Waals surface area contributed by atoms with Gasteiger partial charge in [0.25, 0.3) is 0 Å². The van der Waals surface area contributed by atoms with E-state index in [0.717, 1.165) is 0 Å². The summed E-state index contributed by atoms with van der Waals surface area (Å²) >= 11 is 0. The summed E-state index contributed by atoms with van der Waals surface area (Å²) in [5.74, 6) is 0.954. The number of benzene rings is 1. The number of hydrogen-bond donors (Lipinski definition) is 1. The maximum absolute atomic E-state index is 13.5. The Bertz CT molecular complexity index is 961. The van der Waals surface area contributed by atoms with Gasteiger partial charge in [0, 0.05) is 56.9 Å². The zero-order chi connectivity index (χ0) is 19.3. The van der Waals surface area contributed by atoms with Gasteiger partial charge < -0.3 is 15.1 Å². The van der Waals surface area contributed by atoms with Crippen molar-refractivity contribution >= 4 is 28.6 Å². The SMILES string of the molecule is O=C(CCNc1ncnc2ccc(F)cc12)N1CCN(c2ncccn2)CC1. The van der Waals surface area contributed by atoms with Crippen molar-refractivity contribution in [1.82, 2.24) is 24.8 Å². The molecule has 144 valence electrons. The van der Waals surface area contributed by atoms with Crippen LogP contribution in [-0.2, 0) is 4.79 Å². The number of rotatable bonds is 5. The van der Waals surface area contributed by atoms with Crippen LogP contribution >= 0.6 is 0 Å². The number of amides is 1. The number of carbonyl (C=O) groups is 1. The lowest BCUT2D eigenvalue weighted by molar-refractivity contribution is -0.131. The Labute approximate surface area is 161 Å². The van der Waals surface area contributed by atoms with Crippen molar-refractivity contribution < 1.29 is 9.18 Å². The highest BCUT2D eigenvalue weighted by Gasteiger charge is 2.22. The van der Waals surface area contributed by atoms with Crippen molar-refractivity contribution in [3.05, 3.63) is 48.8 Å². The van der Waals surface area contributed by atoms with E-state index in [9.17, 15) is 9.18 Å². The van der Waals surface area contributed by atoms with Crippen LogP contribution in [0.3, 0.4) is 0 Å². The van der Waals surface area contributed by atoms with Gasteiger partial charge in [0.05, 0.1) is 5.52 Å². The monoisotopic (exact) mass is 381 g/mol. The van der Waals surface area contributed by atoms with Gasteiger partial charge in [-0.25, -0.2) is 24.3 Å². The first-order chi connectivity index (χ1) is 13.7. The first-order valence-corrected chi connectivity index (χ1v) is 9.14. The minimum atomic E-state index is -0.346. The van der Waals surface area contributed by atoms with Gasteiger partial charge in [-0.05, 0) is 24.3 Å².